The van der Waals surface area contributed by atoms with Crippen LogP contribution in [0.15, 0.2) is 24.3 Å². The molecule has 2 N–H and O–H groups in total. The fourth-order valence-corrected chi connectivity index (χ4v) is 1.09. The number of non-ortho nitro benzene ring substituents is 1. The summed E-state index contributed by atoms with van der Waals surface area (Å²) in [5.74, 6) is 5.02. The van der Waals surface area contributed by atoms with Crippen LogP contribution < -0.4 is 5.73 Å². The third-order valence-corrected chi connectivity index (χ3v) is 1.88. The summed E-state index contributed by atoms with van der Waals surface area (Å²) in [6.07, 6.45) is 0.0784. The molecule has 0 radical (unpaired) electrons. The van der Waals surface area contributed by atoms with E-state index in [2.05, 4.69) is 11.8 Å². The maximum atomic E-state index is 11.5. The summed E-state index contributed by atoms with van der Waals surface area (Å²) >= 11 is 0. The van der Waals surface area contributed by atoms with Gasteiger partial charge >= 0.3 is 0 Å². The van der Waals surface area contributed by atoms with Crippen LogP contribution >= 0.6 is 0 Å². The largest absolute Gasteiger partial charge is 0.320 e. The fourth-order valence-electron chi connectivity index (χ4n) is 1.09. The van der Waals surface area contributed by atoms with Gasteiger partial charge in [-0.1, -0.05) is 11.8 Å². The number of Topliss-reactive ketones (excluding diaryl/α,β-unsaturated/α-hetero) is 1. The van der Waals surface area contributed by atoms with Crippen molar-refractivity contribution in [3.05, 3.63) is 39.9 Å². The number of benzene rings is 1. The highest BCUT2D eigenvalue weighted by Crippen LogP contribution is 2.12. The Morgan fingerprint density at radius 3 is 2.44 bits per heavy atom. The van der Waals surface area contributed by atoms with Gasteiger partial charge in [-0.25, -0.2) is 0 Å². The zero-order chi connectivity index (χ0) is 12.0. The third kappa shape index (κ3) is 3.19. The molecular weight excluding hydrogens is 208 g/mol. The number of nitro benzene ring substituents is 1. The van der Waals surface area contributed by atoms with Crippen LogP contribution in [0.3, 0.4) is 0 Å². The first-order valence-corrected chi connectivity index (χ1v) is 4.58. The number of ketones is 1. The summed E-state index contributed by atoms with van der Waals surface area (Å²) < 4.78 is 0. The molecule has 0 heterocycles. The highest BCUT2D eigenvalue weighted by molar-refractivity contribution is 5.97. The van der Waals surface area contributed by atoms with E-state index in [0.29, 0.717) is 5.56 Å². The molecule has 0 atom stereocenters. The van der Waals surface area contributed by atoms with Crippen molar-refractivity contribution in [3.8, 4) is 11.8 Å². The Labute approximate surface area is 92.4 Å². The molecule has 5 heteroatoms. The van der Waals surface area contributed by atoms with Gasteiger partial charge in [0, 0.05) is 17.7 Å². The van der Waals surface area contributed by atoms with Crippen LogP contribution in [0.25, 0.3) is 0 Å². The van der Waals surface area contributed by atoms with E-state index < -0.39 is 4.92 Å². The smallest absolute Gasteiger partial charge is 0.269 e. The minimum atomic E-state index is -0.511. The molecule has 0 bridgehead atoms. The first kappa shape index (κ1) is 11.9. The molecule has 0 aromatic heterocycles. The molecule has 1 rings (SSSR count). The molecule has 0 aliphatic heterocycles. The minimum absolute atomic E-state index is 0.0374. The van der Waals surface area contributed by atoms with Gasteiger partial charge in [0.05, 0.1) is 17.9 Å². The lowest BCUT2D eigenvalue weighted by Crippen LogP contribution is -1.99. The SMILES string of the molecule is NCC#CCC(=O)c1ccc([N+](=O)[O-])cc1. The van der Waals surface area contributed by atoms with E-state index in [4.69, 9.17) is 5.73 Å². The van der Waals surface area contributed by atoms with Crippen molar-refractivity contribution in [1.29, 1.82) is 0 Å². The van der Waals surface area contributed by atoms with Crippen molar-refractivity contribution in [2.24, 2.45) is 5.73 Å². The van der Waals surface area contributed by atoms with Crippen LogP contribution in [-0.2, 0) is 0 Å². The van der Waals surface area contributed by atoms with Crippen LogP contribution in [0.1, 0.15) is 16.8 Å². The highest BCUT2D eigenvalue weighted by atomic mass is 16.6. The summed E-state index contributed by atoms with van der Waals surface area (Å²) in [6.45, 7) is 0.216. The summed E-state index contributed by atoms with van der Waals surface area (Å²) in [5, 5.41) is 10.4. The zero-order valence-corrected chi connectivity index (χ0v) is 8.47. The maximum absolute atomic E-state index is 11.5. The molecule has 5 nitrogen and oxygen atoms in total. The quantitative estimate of drug-likeness (QED) is 0.356. The van der Waals surface area contributed by atoms with Crippen molar-refractivity contribution in [3.63, 3.8) is 0 Å². The van der Waals surface area contributed by atoms with Crippen LogP contribution in [0, 0.1) is 22.0 Å². The Morgan fingerprint density at radius 2 is 1.94 bits per heavy atom. The lowest BCUT2D eigenvalue weighted by molar-refractivity contribution is -0.384. The van der Waals surface area contributed by atoms with E-state index in [1.165, 1.54) is 24.3 Å². The average molecular weight is 218 g/mol. The molecule has 0 spiro atoms. The number of nitrogens with zero attached hydrogens (tertiary/aromatic N) is 1. The summed E-state index contributed by atoms with van der Waals surface area (Å²) in [5.41, 5.74) is 5.52. The van der Waals surface area contributed by atoms with Crippen LogP contribution in [0.5, 0.6) is 0 Å². The van der Waals surface area contributed by atoms with Crippen molar-refractivity contribution in [2.75, 3.05) is 6.54 Å². The van der Waals surface area contributed by atoms with E-state index in [0.717, 1.165) is 0 Å². The number of carbonyl (C=O) groups is 1. The molecule has 1 aromatic rings. The predicted molar refractivity (Wildman–Crippen MR) is 58.9 cm³/mol. The van der Waals surface area contributed by atoms with Crippen molar-refractivity contribution >= 4 is 11.5 Å². The van der Waals surface area contributed by atoms with Crippen molar-refractivity contribution in [2.45, 2.75) is 6.42 Å². The second kappa shape index (κ2) is 5.63. The lowest BCUT2D eigenvalue weighted by atomic mass is 10.1. The van der Waals surface area contributed by atoms with E-state index >= 15 is 0 Å². The second-order valence-electron chi connectivity index (χ2n) is 2.96. The average Bonchev–Trinajstić information content (AvgIpc) is 2.29. The first-order valence-electron chi connectivity index (χ1n) is 4.58. The Hall–Kier alpha value is -2.19. The predicted octanol–water partition coefficient (Wildman–Crippen LogP) is 1.13. The van der Waals surface area contributed by atoms with Gasteiger partial charge in [0.1, 0.15) is 0 Å². The first-order chi connectivity index (χ1) is 7.65. The molecule has 0 aliphatic carbocycles. The van der Waals surface area contributed by atoms with Gasteiger partial charge in [0.2, 0.25) is 0 Å². The van der Waals surface area contributed by atoms with Crippen LogP contribution in [0.2, 0.25) is 0 Å². The van der Waals surface area contributed by atoms with Gasteiger partial charge in [0.25, 0.3) is 5.69 Å². The van der Waals surface area contributed by atoms with E-state index in [9.17, 15) is 14.9 Å². The molecule has 82 valence electrons. The Balaban J connectivity index is 2.74. The monoisotopic (exact) mass is 218 g/mol. The molecular formula is C11H10N2O3. The molecule has 0 saturated carbocycles. The van der Waals surface area contributed by atoms with Crippen molar-refractivity contribution in [1.82, 2.24) is 0 Å². The number of carbonyl (C=O) groups excluding carboxylic acids is 1. The third-order valence-electron chi connectivity index (χ3n) is 1.88. The lowest BCUT2D eigenvalue weighted by Gasteiger charge is -1.96. The maximum Gasteiger partial charge on any atom is 0.269 e. The standard InChI is InChI=1S/C11H10N2O3/c12-8-2-1-3-11(14)9-4-6-10(7-5-9)13(15)16/h4-7H,3,8,12H2. The zero-order valence-electron chi connectivity index (χ0n) is 8.47. The van der Waals surface area contributed by atoms with Crippen LogP contribution in [-0.4, -0.2) is 17.3 Å². The van der Waals surface area contributed by atoms with Gasteiger partial charge in [-0.05, 0) is 12.1 Å². The number of hydrogen-bond donors (Lipinski definition) is 1. The Kier molecular flexibility index (Phi) is 4.18. The summed E-state index contributed by atoms with van der Waals surface area (Å²) in [4.78, 5) is 21.4. The molecule has 1 aromatic carbocycles. The molecule has 0 fully saturated rings. The number of rotatable bonds is 3. The van der Waals surface area contributed by atoms with Gasteiger partial charge < -0.3 is 5.73 Å². The molecule has 16 heavy (non-hydrogen) atoms. The van der Waals surface area contributed by atoms with E-state index in [1.54, 1.807) is 0 Å². The fraction of sp³-hybridized carbons (Fsp3) is 0.182. The number of nitrogens with two attached hydrogens (primary N) is 1. The highest BCUT2D eigenvalue weighted by Gasteiger charge is 2.07. The summed E-state index contributed by atoms with van der Waals surface area (Å²) in [7, 11) is 0. The Morgan fingerprint density at radius 1 is 1.31 bits per heavy atom. The van der Waals surface area contributed by atoms with Gasteiger partial charge in [-0.15, -0.1) is 0 Å². The van der Waals surface area contributed by atoms with Gasteiger partial charge in [0.15, 0.2) is 5.78 Å². The van der Waals surface area contributed by atoms with Crippen LogP contribution in [0.4, 0.5) is 5.69 Å². The molecule has 0 amide bonds. The Bertz CT molecular complexity index is 454. The summed E-state index contributed by atoms with van der Waals surface area (Å²) in [6, 6.07) is 5.43. The van der Waals surface area contributed by atoms with Gasteiger partial charge in [-0.3, -0.25) is 14.9 Å². The van der Waals surface area contributed by atoms with Gasteiger partial charge in [-0.2, -0.15) is 0 Å². The van der Waals surface area contributed by atoms with E-state index in [1.807, 2.05) is 0 Å². The number of nitro groups is 1. The molecule has 0 saturated heterocycles. The second-order valence-corrected chi connectivity index (χ2v) is 2.96. The normalized spacial score (nSPS) is 9.06. The molecule has 0 aliphatic rings. The van der Waals surface area contributed by atoms with Crippen molar-refractivity contribution < 1.29 is 9.72 Å². The minimum Gasteiger partial charge on any atom is -0.320 e. The van der Waals surface area contributed by atoms with E-state index in [-0.39, 0.29) is 24.4 Å². The topological polar surface area (TPSA) is 86.2 Å². The molecule has 0 unspecified atom stereocenters. The number of hydrogen-bond acceptors (Lipinski definition) is 4.